The Balaban J connectivity index is 2.30. The number of halogens is 1. The Labute approximate surface area is 120 Å². The topological polar surface area (TPSA) is 0 Å². The van der Waals surface area contributed by atoms with Crippen LogP contribution in [0.5, 0.6) is 0 Å². The maximum Gasteiger partial charge on any atom is 0.00324 e. The quantitative estimate of drug-likeness (QED) is 0.323. The zero-order valence-electron chi connectivity index (χ0n) is 11.3. The predicted molar refractivity (Wildman–Crippen MR) is 86.7 cm³/mol. The highest BCUT2D eigenvalue weighted by Crippen LogP contribution is 2.30. The Morgan fingerprint density at radius 3 is 2.82 bits per heavy atom. The summed E-state index contributed by atoms with van der Waals surface area (Å²) in [7, 11) is 0. The lowest BCUT2D eigenvalue weighted by Crippen LogP contribution is -2.06. The van der Waals surface area contributed by atoms with Crippen LogP contribution in [0.2, 0.25) is 0 Å². The molecule has 0 spiro atoms. The van der Waals surface area contributed by atoms with Gasteiger partial charge in [0.25, 0.3) is 0 Å². The van der Waals surface area contributed by atoms with Gasteiger partial charge < -0.3 is 0 Å². The molecule has 0 nitrogen and oxygen atoms in total. The molecule has 0 bridgehead atoms. The molecule has 0 radical (unpaired) electrons. The second-order valence-corrected chi connectivity index (χ2v) is 6.29. The molecule has 0 saturated heterocycles. The van der Waals surface area contributed by atoms with Gasteiger partial charge in [-0.3, -0.25) is 0 Å². The first-order valence-electron chi connectivity index (χ1n) is 6.68. The summed E-state index contributed by atoms with van der Waals surface area (Å²) < 4.78 is 1.24. The van der Waals surface area contributed by atoms with Crippen LogP contribution in [0.3, 0.4) is 0 Å². The summed E-state index contributed by atoms with van der Waals surface area (Å²) in [5.41, 5.74) is 4.58. The second kappa shape index (κ2) is 8.12. The molecular weight excluding hydrogens is 319 g/mol. The number of hydrogen-bond donors (Lipinski definition) is 0. The first kappa shape index (κ1) is 15.0. The lowest BCUT2D eigenvalue weighted by atomic mass is 9.84. The molecule has 0 saturated carbocycles. The van der Waals surface area contributed by atoms with Crippen LogP contribution in [0.25, 0.3) is 0 Å². The van der Waals surface area contributed by atoms with Crippen LogP contribution in [0.1, 0.15) is 52.4 Å². The van der Waals surface area contributed by atoms with E-state index in [-0.39, 0.29) is 0 Å². The molecule has 1 rings (SSSR count). The molecule has 0 aliphatic heterocycles. The minimum Gasteiger partial charge on any atom is -0.0998 e. The van der Waals surface area contributed by atoms with Crippen molar-refractivity contribution in [3.05, 3.63) is 35.5 Å². The van der Waals surface area contributed by atoms with Gasteiger partial charge in [0, 0.05) is 4.43 Å². The van der Waals surface area contributed by atoms with E-state index in [1.807, 2.05) is 0 Å². The van der Waals surface area contributed by atoms with Crippen LogP contribution in [0.15, 0.2) is 35.5 Å². The molecule has 1 aliphatic rings. The molecule has 0 amide bonds. The van der Waals surface area contributed by atoms with Crippen LogP contribution in [0.4, 0.5) is 0 Å². The molecule has 0 heterocycles. The van der Waals surface area contributed by atoms with E-state index in [0.29, 0.717) is 0 Å². The van der Waals surface area contributed by atoms with Crippen LogP contribution in [-0.2, 0) is 0 Å². The third kappa shape index (κ3) is 5.89. The van der Waals surface area contributed by atoms with Crippen molar-refractivity contribution in [3.8, 4) is 0 Å². The van der Waals surface area contributed by atoms with E-state index in [1.165, 1.54) is 48.5 Å². The first-order chi connectivity index (χ1) is 8.13. The smallest absolute Gasteiger partial charge is 0.00324 e. The number of hydrogen-bond acceptors (Lipinski definition) is 0. The van der Waals surface area contributed by atoms with E-state index < -0.39 is 0 Å². The van der Waals surface area contributed by atoms with Gasteiger partial charge in [0.1, 0.15) is 0 Å². The molecule has 1 heteroatoms. The molecule has 0 fully saturated rings. The van der Waals surface area contributed by atoms with Gasteiger partial charge in [-0.2, -0.15) is 0 Å². The summed E-state index contributed by atoms with van der Waals surface area (Å²) in [6.07, 6.45) is 12.5. The Bertz CT molecular complexity index is 309. The normalized spacial score (nSPS) is 21.2. The third-order valence-electron chi connectivity index (χ3n) is 3.65. The molecule has 0 aromatic carbocycles. The molecule has 1 aliphatic carbocycles. The van der Waals surface area contributed by atoms with Gasteiger partial charge in [-0.1, -0.05) is 58.0 Å². The largest absolute Gasteiger partial charge is 0.0998 e. The molecule has 0 aromatic heterocycles. The fourth-order valence-corrected chi connectivity index (χ4v) is 3.17. The lowest BCUT2D eigenvalue weighted by Gasteiger charge is -2.21. The highest BCUT2D eigenvalue weighted by Gasteiger charge is 2.14. The molecule has 96 valence electrons. The van der Waals surface area contributed by atoms with E-state index in [0.717, 1.165) is 5.92 Å². The van der Waals surface area contributed by atoms with E-state index in [2.05, 4.69) is 55.2 Å². The fourth-order valence-electron chi connectivity index (χ4n) is 2.32. The highest BCUT2D eigenvalue weighted by atomic mass is 127. The maximum atomic E-state index is 4.07. The average molecular weight is 344 g/mol. The summed E-state index contributed by atoms with van der Waals surface area (Å²) in [5, 5.41) is 0. The van der Waals surface area contributed by atoms with Gasteiger partial charge >= 0.3 is 0 Å². The fraction of sp³-hybridized carbons (Fsp3) is 0.625. The van der Waals surface area contributed by atoms with Crippen LogP contribution in [-0.4, -0.2) is 4.43 Å². The van der Waals surface area contributed by atoms with Crippen molar-refractivity contribution < 1.29 is 0 Å². The van der Waals surface area contributed by atoms with E-state index in [1.54, 1.807) is 11.1 Å². The SMILES string of the molecule is C=C(C)[C@@H]1CC=C(CC/C=C(\C)CCI)CC1. The van der Waals surface area contributed by atoms with Crippen molar-refractivity contribution in [2.24, 2.45) is 5.92 Å². The number of rotatable bonds is 6. The summed E-state index contributed by atoms with van der Waals surface area (Å²) in [5.74, 6) is 0.745. The number of alkyl halides is 1. The Morgan fingerprint density at radius 1 is 1.53 bits per heavy atom. The monoisotopic (exact) mass is 344 g/mol. The van der Waals surface area contributed by atoms with Crippen molar-refractivity contribution in [1.82, 2.24) is 0 Å². The summed E-state index contributed by atoms with van der Waals surface area (Å²) in [4.78, 5) is 0. The Kier molecular flexibility index (Phi) is 7.17. The molecule has 0 N–H and O–H groups in total. The summed E-state index contributed by atoms with van der Waals surface area (Å²) in [6.45, 7) is 8.49. The standard InChI is InChI=1S/C16H25I/c1-13(2)16-9-7-15(8-10-16)6-4-5-14(3)11-12-17/h5,7,16H,1,4,6,8-12H2,2-3H3/b14-5+/t16-/m1/s1. The van der Waals surface area contributed by atoms with E-state index in [4.69, 9.17) is 0 Å². The highest BCUT2D eigenvalue weighted by molar-refractivity contribution is 14.1. The van der Waals surface area contributed by atoms with Crippen molar-refractivity contribution in [2.75, 3.05) is 4.43 Å². The van der Waals surface area contributed by atoms with Gasteiger partial charge in [-0.05, 0) is 58.3 Å². The minimum atomic E-state index is 0.745. The number of allylic oxidation sites excluding steroid dienone is 5. The Hall–Kier alpha value is -0.0500. The van der Waals surface area contributed by atoms with Gasteiger partial charge in [0.05, 0.1) is 0 Å². The van der Waals surface area contributed by atoms with Gasteiger partial charge in [-0.15, -0.1) is 0 Å². The molecule has 0 aromatic rings. The summed E-state index contributed by atoms with van der Waals surface area (Å²) in [6, 6.07) is 0. The Morgan fingerprint density at radius 2 is 2.29 bits per heavy atom. The van der Waals surface area contributed by atoms with Crippen molar-refractivity contribution in [1.29, 1.82) is 0 Å². The zero-order valence-corrected chi connectivity index (χ0v) is 13.4. The molecule has 1 atom stereocenters. The van der Waals surface area contributed by atoms with Crippen LogP contribution in [0, 0.1) is 5.92 Å². The molecular formula is C16H25I. The van der Waals surface area contributed by atoms with E-state index >= 15 is 0 Å². The average Bonchev–Trinajstić information content (AvgIpc) is 2.30. The molecule has 0 unspecified atom stereocenters. The maximum absolute atomic E-state index is 4.07. The van der Waals surface area contributed by atoms with Crippen molar-refractivity contribution in [3.63, 3.8) is 0 Å². The van der Waals surface area contributed by atoms with Crippen LogP contribution >= 0.6 is 22.6 Å². The predicted octanol–water partition coefficient (Wildman–Crippen LogP) is 5.84. The van der Waals surface area contributed by atoms with Crippen LogP contribution < -0.4 is 0 Å². The second-order valence-electron chi connectivity index (χ2n) is 5.21. The van der Waals surface area contributed by atoms with Gasteiger partial charge in [0.2, 0.25) is 0 Å². The van der Waals surface area contributed by atoms with Gasteiger partial charge in [-0.25, -0.2) is 0 Å². The van der Waals surface area contributed by atoms with Crippen molar-refractivity contribution in [2.45, 2.75) is 52.4 Å². The lowest BCUT2D eigenvalue weighted by molar-refractivity contribution is 0.531. The minimum absolute atomic E-state index is 0.745. The van der Waals surface area contributed by atoms with E-state index in [9.17, 15) is 0 Å². The van der Waals surface area contributed by atoms with Gasteiger partial charge in [0.15, 0.2) is 0 Å². The van der Waals surface area contributed by atoms with Crippen molar-refractivity contribution >= 4 is 22.6 Å². The first-order valence-corrected chi connectivity index (χ1v) is 8.21. The zero-order chi connectivity index (χ0) is 12.7. The third-order valence-corrected chi connectivity index (χ3v) is 4.19. The summed E-state index contributed by atoms with van der Waals surface area (Å²) >= 11 is 2.45. The molecule has 17 heavy (non-hydrogen) atoms.